The monoisotopic (exact) mass is 316 g/mol. The van der Waals surface area contributed by atoms with E-state index in [0.29, 0.717) is 13.0 Å². The van der Waals surface area contributed by atoms with Gasteiger partial charge in [-0.2, -0.15) is 0 Å². The van der Waals surface area contributed by atoms with Crippen molar-refractivity contribution < 1.29 is 33.2 Å². The third kappa shape index (κ3) is 3.00. The van der Waals surface area contributed by atoms with Crippen LogP contribution in [0.5, 0.6) is 0 Å². The van der Waals surface area contributed by atoms with Crippen molar-refractivity contribution in [3.05, 3.63) is 0 Å². The lowest BCUT2D eigenvalue weighted by Crippen LogP contribution is -2.54. The average molecular weight is 316 g/mol. The van der Waals surface area contributed by atoms with Crippen molar-refractivity contribution in [2.75, 3.05) is 13.7 Å². The molecule has 0 bridgehead atoms. The molecule has 0 aromatic carbocycles. The van der Waals surface area contributed by atoms with Gasteiger partial charge < -0.3 is 28.4 Å². The van der Waals surface area contributed by atoms with Gasteiger partial charge >= 0.3 is 5.97 Å². The summed E-state index contributed by atoms with van der Waals surface area (Å²) in [5.41, 5.74) is 0. The second-order valence-electron chi connectivity index (χ2n) is 6.85. The lowest BCUT2D eigenvalue weighted by molar-refractivity contribution is -0.210. The highest BCUT2D eigenvalue weighted by Gasteiger charge is 2.55. The second kappa shape index (κ2) is 5.42. The van der Waals surface area contributed by atoms with Crippen LogP contribution in [-0.4, -0.2) is 61.8 Å². The third-order valence-electron chi connectivity index (χ3n) is 4.17. The van der Waals surface area contributed by atoms with Gasteiger partial charge in [-0.1, -0.05) is 0 Å². The molecule has 0 saturated carbocycles. The molecule has 3 heterocycles. The Bertz CT molecular complexity index is 447. The number of ether oxygens (including phenoxy) is 6. The molecule has 3 fully saturated rings. The fraction of sp³-hybridized carbons (Fsp3) is 0.933. The molecule has 0 radical (unpaired) electrons. The summed E-state index contributed by atoms with van der Waals surface area (Å²) in [6, 6.07) is 0. The quantitative estimate of drug-likeness (QED) is 0.703. The average Bonchev–Trinajstić information content (AvgIpc) is 2.94. The Balaban J connectivity index is 1.80. The number of carbonyl (C=O) groups is 1. The normalized spacial score (nSPS) is 42.9. The number of carbonyl (C=O) groups excluding carboxylic acids is 1. The first kappa shape index (κ1) is 16.1. The van der Waals surface area contributed by atoms with Gasteiger partial charge in [0, 0.05) is 6.42 Å². The Morgan fingerprint density at radius 3 is 2.27 bits per heavy atom. The topological polar surface area (TPSA) is 72.5 Å². The number of fused-ring (bicyclic) bond motifs is 1. The van der Waals surface area contributed by atoms with Gasteiger partial charge in [0.15, 0.2) is 17.7 Å². The van der Waals surface area contributed by atoms with Crippen LogP contribution in [0.1, 0.15) is 34.1 Å². The van der Waals surface area contributed by atoms with Gasteiger partial charge in [0.1, 0.15) is 18.3 Å². The van der Waals surface area contributed by atoms with Crippen molar-refractivity contribution in [2.24, 2.45) is 0 Å². The molecule has 0 aromatic rings. The predicted octanol–water partition coefficient (Wildman–Crippen LogP) is 0.988. The minimum absolute atomic E-state index is 0.231. The van der Waals surface area contributed by atoms with E-state index in [0.717, 1.165) is 0 Å². The van der Waals surface area contributed by atoms with Gasteiger partial charge in [-0.25, -0.2) is 4.79 Å². The fourth-order valence-electron chi connectivity index (χ4n) is 3.32. The standard InChI is InChI=1S/C15H24O7/c1-14(2)18-7-10(21-14)11-12-8(20-15(3,4)22-12)6-9(19-11)13(16)17-5/h8-12H,6-7H2,1-5H3/t8-,9-,10-,11-,12-/m1/s1. The Kier molecular flexibility index (Phi) is 3.98. The van der Waals surface area contributed by atoms with Crippen LogP contribution in [0.3, 0.4) is 0 Å². The molecule has 5 atom stereocenters. The summed E-state index contributed by atoms with van der Waals surface area (Å²) in [7, 11) is 1.35. The summed E-state index contributed by atoms with van der Waals surface area (Å²) in [5.74, 6) is -1.79. The fourth-order valence-corrected chi connectivity index (χ4v) is 3.32. The SMILES string of the molecule is COC(=O)[C@H]1C[C@H]2OC(C)(C)O[C@H]2[C@@H]([C@H]2COC(C)(C)O2)O1. The van der Waals surface area contributed by atoms with E-state index in [4.69, 9.17) is 28.4 Å². The summed E-state index contributed by atoms with van der Waals surface area (Å²) >= 11 is 0. The Labute approximate surface area is 130 Å². The highest BCUT2D eigenvalue weighted by molar-refractivity contribution is 5.74. The Hall–Kier alpha value is -0.730. The van der Waals surface area contributed by atoms with Gasteiger partial charge in [-0.05, 0) is 27.7 Å². The first-order valence-electron chi connectivity index (χ1n) is 7.61. The number of hydrogen-bond acceptors (Lipinski definition) is 7. The highest BCUT2D eigenvalue weighted by Crippen LogP contribution is 2.40. The van der Waals surface area contributed by atoms with Crippen molar-refractivity contribution in [2.45, 2.75) is 76.2 Å². The van der Waals surface area contributed by atoms with E-state index in [-0.39, 0.29) is 18.3 Å². The van der Waals surface area contributed by atoms with Gasteiger partial charge in [0.2, 0.25) is 0 Å². The summed E-state index contributed by atoms with van der Waals surface area (Å²) in [5, 5.41) is 0. The largest absolute Gasteiger partial charge is 0.467 e. The molecule has 126 valence electrons. The smallest absolute Gasteiger partial charge is 0.335 e. The van der Waals surface area contributed by atoms with Crippen molar-refractivity contribution >= 4 is 5.97 Å². The Morgan fingerprint density at radius 2 is 1.68 bits per heavy atom. The lowest BCUT2D eigenvalue weighted by Gasteiger charge is -2.37. The first-order chi connectivity index (χ1) is 10.2. The molecule has 0 amide bonds. The molecule has 3 aliphatic rings. The van der Waals surface area contributed by atoms with E-state index in [1.807, 2.05) is 27.7 Å². The van der Waals surface area contributed by atoms with Gasteiger partial charge in [-0.15, -0.1) is 0 Å². The predicted molar refractivity (Wildman–Crippen MR) is 74.0 cm³/mol. The zero-order valence-corrected chi connectivity index (χ0v) is 13.7. The lowest BCUT2D eigenvalue weighted by atomic mass is 9.94. The third-order valence-corrected chi connectivity index (χ3v) is 4.17. The molecule has 0 N–H and O–H groups in total. The van der Waals surface area contributed by atoms with Crippen molar-refractivity contribution in [3.63, 3.8) is 0 Å². The Morgan fingerprint density at radius 1 is 1.00 bits per heavy atom. The second-order valence-corrected chi connectivity index (χ2v) is 6.85. The summed E-state index contributed by atoms with van der Waals surface area (Å²) in [6.07, 6.45) is -1.54. The van der Waals surface area contributed by atoms with Crippen LogP contribution in [0.15, 0.2) is 0 Å². The number of methoxy groups -OCH3 is 1. The van der Waals surface area contributed by atoms with Crippen LogP contribution < -0.4 is 0 Å². The van der Waals surface area contributed by atoms with Crippen LogP contribution in [-0.2, 0) is 33.2 Å². The molecule has 3 aliphatic heterocycles. The van der Waals surface area contributed by atoms with Gasteiger partial charge in [-0.3, -0.25) is 0 Å². The number of esters is 1. The van der Waals surface area contributed by atoms with Crippen LogP contribution >= 0.6 is 0 Å². The zero-order valence-electron chi connectivity index (χ0n) is 13.7. The summed E-state index contributed by atoms with van der Waals surface area (Å²) in [6.45, 7) is 7.79. The molecule has 3 rings (SSSR count). The van der Waals surface area contributed by atoms with E-state index >= 15 is 0 Å². The molecule has 0 aromatic heterocycles. The van der Waals surface area contributed by atoms with E-state index in [9.17, 15) is 4.79 Å². The summed E-state index contributed by atoms with van der Waals surface area (Å²) in [4.78, 5) is 11.9. The van der Waals surface area contributed by atoms with Gasteiger partial charge in [0.05, 0.1) is 19.8 Å². The van der Waals surface area contributed by atoms with Crippen LogP contribution in [0.4, 0.5) is 0 Å². The molecular formula is C15H24O7. The van der Waals surface area contributed by atoms with Crippen molar-refractivity contribution in [1.29, 1.82) is 0 Å². The molecule has 7 nitrogen and oxygen atoms in total. The molecule has 0 spiro atoms. The molecule has 0 aliphatic carbocycles. The first-order valence-corrected chi connectivity index (χ1v) is 7.61. The number of rotatable bonds is 2. The minimum Gasteiger partial charge on any atom is -0.467 e. The van der Waals surface area contributed by atoms with E-state index in [2.05, 4.69) is 0 Å². The molecule has 3 saturated heterocycles. The van der Waals surface area contributed by atoms with Crippen molar-refractivity contribution in [3.8, 4) is 0 Å². The van der Waals surface area contributed by atoms with Crippen molar-refractivity contribution in [1.82, 2.24) is 0 Å². The zero-order chi connectivity index (χ0) is 16.1. The maximum absolute atomic E-state index is 11.9. The van der Waals surface area contributed by atoms with Crippen LogP contribution in [0.2, 0.25) is 0 Å². The molecular weight excluding hydrogens is 292 g/mol. The maximum atomic E-state index is 11.9. The molecule has 22 heavy (non-hydrogen) atoms. The molecule has 0 unspecified atom stereocenters. The van der Waals surface area contributed by atoms with Crippen LogP contribution in [0.25, 0.3) is 0 Å². The highest BCUT2D eigenvalue weighted by atomic mass is 16.8. The van der Waals surface area contributed by atoms with E-state index in [1.165, 1.54) is 7.11 Å². The molecule has 7 heteroatoms. The minimum atomic E-state index is -0.711. The van der Waals surface area contributed by atoms with E-state index < -0.39 is 29.8 Å². The summed E-state index contributed by atoms with van der Waals surface area (Å²) < 4.78 is 34.1. The number of hydrogen-bond donors (Lipinski definition) is 0. The van der Waals surface area contributed by atoms with E-state index in [1.54, 1.807) is 0 Å². The van der Waals surface area contributed by atoms with Gasteiger partial charge in [0.25, 0.3) is 0 Å². The van der Waals surface area contributed by atoms with Crippen LogP contribution in [0, 0.1) is 0 Å². The maximum Gasteiger partial charge on any atom is 0.335 e.